The summed E-state index contributed by atoms with van der Waals surface area (Å²) in [5.41, 5.74) is 0.0827. The van der Waals surface area contributed by atoms with Gasteiger partial charge >= 0.3 is 5.97 Å². The van der Waals surface area contributed by atoms with Crippen LogP contribution in [0.15, 0.2) is 0 Å². The van der Waals surface area contributed by atoms with Gasteiger partial charge in [-0.1, -0.05) is 0 Å². The van der Waals surface area contributed by atoms with Gasteiger partial charge in [0.15, 0.2) is 0 Å². The highest BCUT2D eigenvalue weighted by molar-refractivity contribution is 5.70. The lowest BCUT2D eigenvalue weighted by molar-refractivity contribution is -0.142. The summed E-state index contributed by atoms with van der Waals surface area (Å²) < 4.78 is 4.67. The summed E-state index contributed by atoms with van der Waals surface area (Å²) in [6.45, 7) is 6.41. The normalized spacial score (nSPS) is 31.7. The van der Waals surface area contributed by atoms with E-state index in [0.717, 1.165) is 12.8 Å². The Labute approximate surface area is 79.8 Å². The van der Waals surface area contributed by atoms with Crippen molar-refractivity contribution in [2.45, 2.75) is 51.1 Å². The zero-order valence-corrected chi connectivity index (χ0v) is 8.94. The maximum absolute atomic E-state index is 11.1. The van der Waals surface area contributed by atoms with Crippen LogP contribution in [-0.2, 0) is 9.53 Å². The maximum Gasteiger partial charge on any atom is 0.307 e. The number of carbonyl (C=O) groups is 1. The standard InChI is InChI=1S/C10H19NO2/c1-9(2)5-6-10(3,11-9)7-8(12)13-4/h11H,5-7H2,1-4H3. The second-order valence-electron chi connectivity index (χ2n) is 4.82. The first-order chi connectivity index (χ1) is 5.87. The first kappa shape index (κ1) is 10.5. The third-order valence-corrected chi connectivity index (χ3v) is 2.70. The van der Waals surface area contributed by atoms with Gasteiger partial charge in [-0.3, -0.25) is 4.79 Å². The highest BCUT2D eigenvalue weighted by Gasteiger charge is 2.40. The summed E-state index contributed by atoms with van der Waals surface area (Å²) in [5.74, 6) is -0.132. The van der Waals surface area contributed by atoms with Crippen molar-refractivity contribution in [2.24, 2.45) is 0 Å². The first-order valence-corrected chi connectivity index (χ1v) is 4.73. The molecule has 0 aliphatic carbocycles. The molecule has 76 valence electrons. The zero-order valence-electron chi connectivity index (χ0n) is 8.94. The zero-order chi connectivity index (χ0) is 10.1. The summed E-state index contributed by atoms with van der Waals surface area (Å²) in [4.78, 5) is 11.1. The van der Waals surface area contributed by atoms with Gasteiger partial charge in [-0.05, 0) is 33.6 Å². The van der Waals surface area contributed by atoms with Gasteiger partial charge in [0.05, 0.1) is 13.5 Å². The maximum atomic E-state index is 11.1. The van der Waals surface area contributed by atoms with Gasteiger partial charge in [0.2, 0.25) is 0 Å². The fourth-order valence-corrected chi connectivity index (χ4v) is 2.05. The molecule has 0 aromatic rings. The van der Waals surface area contributed by atoms with E-state index in [4.69, 9.17) is 0 Å². The molecule has 1 fully saturated rings. The summed E-state index contributed by atoms with van der Waals surface area (Å²) in [7, 11) is 1.44. The largest absolute Gasteiger partial charge is 0.469 e. The average Bonchev–Trinajstić information content (AvgIpc) is 2.25. The number of esters is 1. The molecule has 1 rings (SSSR count). The van der Waals surface area contributed by atoms with Crippen molar-refractivity contribution in [1.82, 2.24) is 5.32 Å². The minimum Gasteiger partial charge on any atom is -0.469 e. The molecule has 1 saturated heterocycles. The number of nitrogens with one attached hydrogen (secondary N) is 1. The number of ether oxygens (including phenoxy) is 1. The molecule has 0 bridgehead atoms. The molecule has 13 heavy (non-hydrogen) atoms. The summed E-state index contributed by atoms with van der Waals surface area (Å²) in [6.07, 6.45) is 2.61. The highest BCUT2D eigenvalue weighted by Crippen LogP contribution is 2.32. The predicted octanol–water partition coefficient (Wildman–Crippen LogP) is 1.47. The van der Waals surface area contributed by atoms with Crippen molar-refractivity contribution < 1.29 is 9.53 Å². The number of carbonyl (C=O) groups excluding carboxylic acids is 1. The van der Waals surface area contributed by atoms with Crippen molar-refractivity contribution in [3.05, 3.63) is 0 Å². The Morgan fingerprint density at radius 3 is 2.38 bits per heavy atom. The molecule has 0 radical (unpaired) electrons. The van der Waals surface area contributed by atoms with Crippen molar-refractivity contribution in [3.63, 3.8) is 0 Å². The van der Waals surface area contributed by atoms with Gasteiger partial charge < -0.3 is 10.1 Å². The van der Waals surface area contributed by atoms with Crippen molar-refractivity contribution >= 4 is 5.97 Å². The van der Waals surface area contributed by atoms with Crippen LogP contribution in [0.3, 0.4) is 0 Å². The SMILES string of the molecule is COC(=O)CC1(C)CCC(C)(C)N1. The van der Waals surface area contributed by atoms with E-state index in [1.807, 2.05) is 0 Å². The first-order valence-electron chi connectivity index (χ1n) is 4.73. The van der Waals surface area contributed by atoms with Crippen molar-refractivity contribution in [1.29, 1.82) is 0 Å². The van der Waals surface area contributed by atoms with E-state index in [2.05, 4.69) is 30.8 Å². The lowest BCUT2D eigenvalue weighted by Crippen LogP contribution is -2.46. The summed E-state index contributed by atoms with van der Waals surface area (Å²) in [6, 6.07) is 0. The molecule has 0 aromatic carbocycles. The second kappa shape index (κ2) is 3.29. The van der Waals surface area contributed by atoms with Gasteiger partial charge in [-0.2, -0.15) is 0 Å². The van der Waals surface area contributed by atoms with E-state index in [1.165, 1.54) is 7.11 Å². The third kappa shape index (κ3) is 2.69. The summed E-state index contributed by atoms with van der Waals surface area (Å²) in [5, 5.41) is 3.47. The van der Waals surface area contributed by atoms with E-state index in [0.29, 0.717) is 6.42 Å². The third-order valence-electron chi connectivity index (χ3n) is 2.70. The van der Waals surface area contributed by atoms with Gasteiger partial charge in [0, 0.05) is 11.1 Å². The van der Waals surface area contributed by atoms with Crippen LogP contribution in [0, 0.1) is 0 Å². The molecular weight excluding hydrogens is 166 g/mol. The van der Waals surface area contributed by atoms with Crippen LogP contribution in [0.4, 0.5) is 0 Å². The van der Waals surface area contributed by atoms with E-state index >= 15 is 0 Å². The van der Waals surface area contributed by atoms with Gasteiger partial charge in [0.1, 0.15) is 0 Å². The lowest BCUT2D eigenvalue weighted by Gasteiger charge is -2.27. The van der Waals surface area contributed by atoms with Gasteiger partial charge in [0.25, 0.3) is 0 Å². The number of hydrogen-bond donors (Lipinski definition) is 1. The molecule has 3 heteroatoms. The number of rotatable bonds is 2. The molecule has 0 saturated carbocycles. The van der Waals surface area contributed by atoms with Gasteiger partial charge in [-0.15, -0.1) is 0 Å². The molecule has 1 unspecified atom stereocenters. The molecule has 1 aliphatic rings. The molecule has 0 amide bonds. The van der Waals surface area contributed by atoms with Crippen LogP contribution < -0.4 is 5.32 Å². The van der Waals surface area contributed by atoms with Crippen molar-refractivity contribution in [3.8, 4) is 0 Å². The van der Waals surface area contributed by atoms with Gasteiger partial charge in [-0.25, -0.2) is 0 Å². The average molecular weight is 185 g/mol. The van der Waals surface area contributed by atoms with E-state index in [1.54, 1.807) is 0 Å². The predicted molar refractivity (Wildman–Crippen MR) is 51.5 cm³/mol. The Bertz CT molecular complexity index is 213. The summed E-state index contributed by atoms with van der Waals surface area (Å²) >= 11 is 0. The van der Waals surface area contributed by atoms with Crippen LogP contribution >= 0.6 is 0 Å². The Morgan fingerprint density at radius 1 is 1.38 bits per heavy atom. The Balaban J connectivity index is 2.55. The lowest BCUT2D eigenvalue weighted by atomic mass is 9.96. The molecule has 1 heterocycles. The van der Waals surface area contributed by atoms with Crippen LogP contribution in [0.1, 0.15) is 40.0 Å². The Hall–Kier alpha value is -0.570. The minimum atomic E-state index is -0.132. The molecule has 1 aliphatic heterocycles. The molecule has 1 N–H and O–H groups in total. The quantitative estimate of drug-likeness (QED) is 0.662. The van der Waals surface area contributed by atoms with E-state index < -0.39 is 0 Å². The number of methoxy groups -OCH3 is 1. The van der Waals surface area contributed by atoms with E-state index in [9.17, 15) is 4.79 Å². The molecule has 0 spiro atoms. The Kier molecular flexibility index (Phi) is 2.66. The molecule has 3 nitrogen and oxygen atoms in total. The fourth-order valence-electron chi connectivity index (χ4n) is 2.05. The fraction of sp³-hybridized carbons (Fsp3) is 0.900. The molecule has 0 aromatic heterocycles. The van der Waals surface area contributed by atoms with Crippen LogP contribution in [0.25, 0.3) is 0 Å². The Morgan fingerprint density at radius 2 is 2.00 bits per heavy atom. The van der Waals surface area contributed by atoms with Crippen LogP contribution in [0.5, 0.6) is 0 Å². The highest BCUT2D eigenvalue weighted by atomic mass is 16.5. The second-order valence-corrected chi connectivity index (χ2v) is 4.82. The van der Waals surface area contributed by atoms with Crippen LogP contribution in [-0.4, -0.2) is 24.2 Å². The van der Waals surface area contributed by atoms with E-state index in [-0.39, 0.29) is 17.0 Å². The minimum absolute atomic E-state index is 0.0728. The topological polar surface area (TPSA) is 38.3 Å². The molecule has 1 atom stereocenters. The number of hydrogen-bond acceptors (Lipinski definition) is 3. The van der Waals surface area contributed by atoms with Crippen LogP contribution in [0.2, 0.25) is 0 Å². The molecular formula is C10H19NO2. The monoisotopic (exact) mass is 185 g/mol. The smallest absolute Gasteiger partial charge is 0.307 e. The van der Waals surface area contributed by atoms with Crippen molar-refractivity contribution in [2.75, 3.05) is 7.11 Å².